The molecule has 1 aromatic rings. The third kappa shape index (κ3) is 1.33. The summed E-state index contributed by atoms with van der Waals surface area (Å²) in [7, 11) is 0. The van der Waals surface area contributed by atoms with Crippen molar-refractivity contribution in [3.8, 4) is 0 Å². The van der Waals surface area contributed by atoms with Crippen LogP contribution in [0.25, 0.3) is 0 Å². The normalized spacial score (nSPS) is 28.7. The van der Waals surface area contributed by atoms with E-state index in [2.05, 4.69) is 9.97 Å². The average molecular weight is 208 g/mol. The van der Waals surface area contributed by atoms with Gasteiger partial charge in [-0.15, -0.1) is 0 Å². The van der Waals surface area contributed by atoms with Crippen molar-refractivity contribution < 1.29 is 4.39 Å². The highest BCUT2D eigenvalue weighted by atomic mass is 19.1. The van der Waals surface area contributed by atoms with E-state index in [-0.39, 0.29) is 11.8 Å². The minimum absolute atomic E-state index is 0.147. The number of nitrogens with two attached hydrogens (primary N) is 1. The van der Waals surface area contributed by atoms with E-state index in [0.717, 1.165) is 19.2 Å². The Labute approximate surface area is 87.3 Å². The Morgan fingerprint density at radius 3 is 3.00 bits per heavy atom. The van der Waals surface area contributed by atoms with Gasteiger partial charge in [0, 0.05) is 12.6 Å². The topological polar surface area (TPSA) is 55.0 Å². The molecule has 2 aliphatic rings. The van der Waals surface area contributed by atoms with E-state index < -0.39 is 0 Å². The van der Waals surface area contributed by atoms with Crippen LogP contribution in [-0.4, -0.2) is 22.6 Å². The monoisotopic (exact) mass is 208 g/mol. The summed E-state index contributed by atoms with van der Waals surface area (Å²) in [6, 6.07) is 0.457. The maximum absolute atomic E-state index is 13.5. The number of hydrogen-bond donors (Lipinski definition) is 1. The molecule has 5 heteroatoms. The van der Waals surface area contributed by atoms with E-state index in [4.69, 9.17) is 5.73 Å². The van der Waals surface area contributed by atoms with Crippen LogP contribution in [0.2, 0.25) is 0 Å². The van der Waals surface area contributed by atoms with Crippen molar-refractivity contribution in [3.63, 3.8) is 0 Å². The Bertz CT molecular complexity index is 395. The zero-order valence-electron chi connectivity index (χ0n) is 8.36. The van der Waals surface area contributed by atoms with Crippen LogP contribution < -0.4 is 10.6 Å². The summed E-state index contributed by atoms with van der Waals surface area (Å²) in [5.41, 5.74) is 5.48. The van der Waals surface area contributed by atoms with Gasteiger partial charge in [0.25, 0.3) is 0 Å². The highest BCUT2D eigenvalue weighted by molar-refractivity contribution is 5.45. The summed E-state index contributed by atoms with van der Waals surface area (Å²) in [5, 5.41) is 0. The molecule has 2 heterocycles. The second kappa shape index (κ2) is 3.05. The molecule has 1 saturated heterocycles. The molecule has 2 N–H and O–H groups in total. The lowest BCUT2D eigenvalue weighted by Gasteiger charge is -2.28. The molecule has 15 heavy (non-hydrogen) atoms. The van der Waals surface area contributed by atoms with Crippen LogP contribution in [0, 0.1) is 11.7 Å². The van der Waals surface area contributed by atoms with Gasteiger partial charge >= 0.3 is 0 Å². The molecule has 2 fully saturated rings. The molecular formula is C10H13FN4. The van der Waals surface area contributed by atoms with E-state index in [1.54, 1.807) is 0 Å². The van der Waals surface area contributed by atoms with Gasteiger partial charge in [-0.2, -0.15) is 4.98 Å². The maximum Gasteiger partial charge on any atom is 0.222 e. The first-order chi connectivity index (χ1) is 7.24. The molecule has 0 aromatic carbocycles. The number of aromatic nitrogens is 2. The van der Waals surface area contributed by atoms with Gasteiger partial charge in [-0.25, -0.2) is 9.37 Å². The number of nitrogen functional groups attached to an aromatic ring is 1. The van der Waals surface area contributed by atoms with Gasteiger partial charge in [0.1, 0.15) is 0 Å². The molecule has 2 unspecified atom stereocenters. The van der Waals surface area contributed by atoms with E-state index in [1.165, 1.54) is 12.8 Å². The first kappa shape index (κ1) is 8.88. The minimum atomic E-state index is -0.364. The number of nitrogens with zero attached hydrogens (tertiary/aromatic N) is 3. The zero-order valence-corrected chi connectivity index (χ0v) is 8.36. The molecule has 80 valence electrons. The van der Waals surface area contributed by atoms with Gasteiger partial charge in [0.05, 0.1) is 6.20 Å². The molecule has 0 spiro atoms. The minimum Gasteiger partial charge on any atom is -0.368 e. The second-order valence-corrected chi connectivity index (χ2v) is 4.39. The second-order valence-electron chi connectivity index (χ2n) is 4.39. The van der Waals surface area contributed by atoms with Crippen molar-refractivity contribution in [2.24, 2.45) is 5.92 Å². The number of fused-ring (bicyclic) bond motifs is 2. The Hall–Kier alpha value is -1.39. The molecule has 1 aliphatic carbocycles. The number of hydrogen-bond acceptors (Lipinski definition) is 4. The first-order valence-corrected chi connectivity index (χ1v) is 5.28. The smallest absolute Gasteiger partial charge is 0.222 e. The quantitative estimate of drug-likeness (QED) is 0.753. The highest BCUT2D eigenvalue weighted by Crippen LogP contribution is 2.40. The Morgan fingerprint density at radius 1 is 1.47 bits per heavy atom. The van der Waals surface area contributed by atoms with Gasteiger partial charge in [0.15, 0.2) is 11.6 Å². The van der Waals surface area contributed by atoms with Crippen molar-refractivity contribution in [3.05, 3.63) is 12.0 Å². The number of piperidine rings is 1. The van der Waals surface area contributed by atoms with Crippen molar-refractivity contribution in [2.45, 2.75) is 25.3 Å². The van der Waals surface area contributed by atoms with Crippen molar-refractivity contribution >= 4 is 11.8 Å². The molecule has 0 radical (unpaired) electrons. The Morgan fingerprint density at radius 2 is 2.33 bits per heavy atom. The zero-order chi connectivity index (χ0) is 10.4. The predicted octanol–water partition coefficient (Wildman–Crippen LogP) is 1.19. The fraction of sp³-hybridized carbons (Fsp3) is 0.600. The Balaban J connectivity index is 1.96. The van der Waals surface area contributed by atoms with E-state index >= 15 is 0 Å². The van der Waals surface area contributed by atoms with Crippen molar-refractivity contribution in [2.75, 3.05) is 17.2 Å². The van der Waals surface area contributed by atoms with Crippen LogP contribution in [0.1, 0.15) is 19.3 Å². The largest absolute Gasteiger partial charge is 0.368 e. The van der Waals surface area contributed by atoms with Crippen LogP contribution in [0.4, 0.5) is 16.2 Å². The molecule has 1 aliphatic heterocycles. The summed E-state index contributed by atoms with van der Waals surface area (Å²) < 4.78 is 13.5. The van der Waals surface area contributed by atoms with Crippen molar-refractivity contribution in [1.82, 2.24) is 9.97 Å². The summed E-state index contributed by atoms with van der Waals surface area (Å²) in [6.45, 7) is 0.915. The van der Waals surface area contributed by atoms with E-state index in [0.29, 0.717) is 17.8 Å². The lowest BCUT2D eigenvalue weighted by molar-refractivity contribution is 0.533. The van der Waals surface area contributed by atoms with Crippen LogP contribution in [0.15, 0.2) is 6.20 Å². The van der Waals surface area contributed by atoms with Crippen LogP contribution in [0.5, 0.6) is 0 Å². The summed E-state index contributed by atoms with van der Waals surface area (Å²) in [6.07, 6.45) is 4.74. The summed E-state index contributed by atoms with van der Waals surface area (Å²) in [4.78, 5) is 9.67. The van der Waals surface area contributed by atoms with Crippen LogP contribution >= 0.6 is 0 Å². The molecule has 1 aromatic heterocycles. The van der Waals surface area contributed by atoms with E-state index in [9.17, 15) is 4.39 Å². The molecule has 2 bridgehead atoms. The fourth-order valence-electron chi connectivity index (χ4n) is 2.76. The Kier molecular flexibility index (Phi) is 1.81. The van der Waals surface area contributed by atoms with Gasteiger partial charge in [0.2, 0.25) is 5.95 Å². The van der Waals surface area contributed by atoms with Crippen molar-refractivity contribution in [1.29, 1.82) is 0 Å². The summed E-state index contributed by atoms with van der Waals surface area (Å²) in [5.74, 6) is 0.881. The van der Waals surface area contributed by atoms with Gasteiger partial charge < -0.3 is 10.6 Å². The molecule has 3 rings (SSSR count). The summed E-state index contributed by atoms with van der Waals surface area (Å²) >= 11 is 0. The molecule has 1 saturated carbocycles. The number of anilines is 2. The van der Waals surface area contributed by atoms with Crippen LogP contribution in [0.3, 0.4) is 0 Å². The predicted molar refractivity (Wildman–Crippen MR) is 54.9 cm³/mol. The van der Waals surface area contributed by atoms with E-state index in [1.807, 2.05) is 4.90 Å². The molecule has 4 nitrogen and oxygen atoms in total. The SMILES string of the molecule is Nc1ncc(F)c(N2CC3CCC2C3)n1. The maximum atomic E-state index is 13.5. The van der Waals surface area contributed by atoms with Gasteiger partial charge in [-0.05, 0) is 25.2 Å². The van der Waals surface area contributed by atoms with Crippen LogP contribution in [-0.2, 0) is 0 Å². The molecule has 0 amide bonds. The number of halogens is 1. The fourth-order valence-corrected chi connectivity index (χ4v) is 2.76. The average Bonchev–Trinajstić information content (AvgIpc) is 2.83. The lowest BCUT2D eigenvalue weighted by Crippen LogP contribution is -2.33. The third-order valence-electron chi connectivity index (χ3n) is 3.43. The first-order valence-electron chi connectivity index (χ1n) is 5.28. The van der Waals surface area contributed by atoms with Gasteiger partial charge in [-0.3, -0.25) is 0 Å². The van der Waals surface area contributed by atoms with Gasteiger partial charge in [-0.1, -0.05) is 0 Å². The third-order valence-corrected chi connectivity index (χ3v) is 3.43. The number of rotatable bonds is 1. The molecule has 2 atom stereocenters. The highest BCUT2D eigenvalue weighted by Gasteiger charge is 2.39. The lowest BCUT2D eigenvalue weighted by atomic mass is 10.1. The molecular weight excluding hydrogens is 195 g/mol. The standard InChI is InChI=1S/C10H13FN4/c11-8-4-13-10(12)14-9(8)15-5-6-1-2-7(15)3-6/h4,6-7H,1-3,5H2,(H2,12,13,14).